The second-order valence-corrected chi connectivity index (χ2v) is 5.49. The first-order chi connectivity index (χ1) is 13.7. The van der Waals surface area contributed by atoms with Crippen LogP contribution in [0.1, 0.15) is 5.56 Å². The molecule has 0 aliphatic rings. The van der Waals surface area contributed by atoms with Gasteiger partial charge in [-0.15, -0.1) is 5.10 Å². The van der Waals surface area contributed by atoms with E-state index in [-0.39, 0.29) is 12.6 Å². The number of carboxylic acid groups (broad SMARTS) is 1. The number of aliphatic carboxylic acids is 1. The number of hydrogen-bond acceptors (Lipinski definition) is 8. The molecule has 0 spiro atoms. The molecule has 1 heterocycles. The van der Waals surface area contributed by atoms with E-state index in [9.17, 15) is 4.79 Å². The highest BCUT2D eigenvalue weighted by Crippen LogP contribution is 2.27. The Balaban J connectivity index is 1.65. The molecule has 0 amide bonds. The lowest BCUT2D eigenvalue weighted by Gasteiger charge is -2.07. The first-order valence-corrected chi connectivity index (χ1v) is 8.22. The van der Waals surface area contributed by atoms with Crippen molar-refractivity contribution in [3.05, 3.63) is 60.3 Å². The van der Waals surface area contributed by atoms with E-state index in [4.69, 9.17) is 14.6 Å². The molecule has 0 atom stereocenters. The number of hydrazone groups is 1. The van der Waals surface area contributed by atoms with E-state index >= 15 is 0 Å². The molecule has 28 heavy (non-hydrogen) atoms. The van der Waals surface area contributed by atoms with Crippen molar-refractivity contribution in [3.8, 4) is 22.8 Å². The van der Waals surface area contributed by atoms with Gasteiger partial charge in [0, 0.05) is 5.56 Å². The summed E-state index contributed by atoms with van der Waals surface area (Å²) in [5, 5.41) is 20.5. The van der Waals surface area contributed by atoms with E-state index in [0.29, 0.717) is 17.2 Å². The Morgan fingerprint density at radius 1 is 1.21 bits per heavy atom. The number of rotatable bonds is 8. The Morgan fingerprint density at radius 2 is 2.00 bits per heavy atom. The molecule has 0 bridgehead atoms. The van der Waals surface area contributed by atoms with Gasteiger partial charge in [-0.25, -0.2) is 15.2 Å². The maximum absolute atomic E-state index is 10.5. The highest BCUT2D eigenvalue weighted by atomic mass is 16.5. The molecule has 0 aliphatic heterocycles. The third-order valence-corrected chi connectivity index (χ3v) is 3.56. The van der Waals surface area contributed by atoms with Gasteiger partial charge in [0.25, 0.3) is 5.95 Å². The molecule has 1 aromatic heterocycles. The summed E-state index contributed by atoms with van der Waals surface area (Å²) < 4.78 is 10.4. The molecule has 3 rings (SSSR count). The molecule has 0 radical (unpaired) electrons. The maximum Gasteiger partial charge on any atom is 0.341 e. The fourth-order valence-corrected chi connectivity index (χ4v) is 2.30. The first kappa shape index (κ1) is 18.8. The summed E-state index contributed by atoms with van der Waals surface area (Å²) in [4.78, 5) is 14.9. The van der Waals surface area contributed by atoms with Gasteiger partial charge in [0.1, 0.15) is 11.5 Å². The zero-order chi connectivity index (χ0) is 19.8. The van der Waals surface area contributed by atoms with Crippen LogP contribution in [-0.4, -0.2) is 46.2 Å². The number of anilines is 1. The monoisotopic (exact) mass is 379 g/mol. The van der Waals surface area contributed by atoms with Gasteiger partial charge >= 0.3 is 5.97 Å². The molecule has 0 saturated heterocycles. The van der Waals surface area contributed by atoms with Gasteiger partial charge in [-0.1, -0.05) is 12.1 Å². The number of methoxy groups -OCH3 is 1. The molecule has 0 fully saturated rings. The minimum Gasteiger partial charge on any atom is -0.496 e. The Kier molecular flexibility index (Phi) is 6.09. The Labute approximate surface area is 160 Å². The summed E-state index contributed by atoms with van der Waals surface area (Å²) >= 11 is 0. The summed E-state index contributed by atoms with van der Waals surface area (Å²) in [6.07, 6.45) is 3.11. The lowest BCUT2D eigenvalue weighted by atomic mass is 10.1. The molecule has 3 aromatic rings. The molecule has 9 nitrogen and oxygen atoms in total. The van der Waals surface area contributed by atoms with Crippen LogP contribution in [0.5, 0.6) is 11.5 Å². The topological polar surface area (TPSA) is 119 Å². The number of para-hydroxylation sites is 1. The summed E-state index contributed by atoms with van der Waals surface area (Å²) in [6.45, 7) is -0.387. The molecule has 142 valence electrons. The Morgan fingerprint density at radius 3 is 2.75 bits per heavy atom. The van der Waals surface area contributed by atoms with Crippen LogP contribution in [0.2, 0.25) is 0 Å². The second kappa shape index (κ2) is 9.08. The minimum absolute atomic E-state index is 0.237. The number of benzene rings is 2. The van der Waals surface area contributed by atoms with Crippen LogP contribution in [0.3, 0.4) is 0 Å². The lowest BCUT2D eigenvalue weighted by molar-refractivity contribution is -0.139. The second-order valence-electron chi connectivity index (χ2n) is 5.49. The first-order valence-electron chi connectivity index (χ1n) is 8.22. The van der Waals surface area contributed by atoms with Crippen molar-refractivity contribution in [1.82, 2.24) is 15.2 Å². The summed E-state index contributed by atoms with van der Waals surface area (Å²) in [7, 11) is 1.59. The van der Waals surface area contributed by atoms with Crippen LogP contribution in [0.15, 0.2) is 59.8 Å². The molecule has 0 saturated carbocycles. The van der Waals surface area contributed by atoms with Gasteiger partial charge in [0.2, 0.25) is 0 Å². The van der Waals surface area contributed by atoms with Gasteiger partial charge < -0.3 is 14.6 Å². The summed E-state index contributed by atoms with van der Waals surface area (Å²) in [5.74, 6) is 0.354. The average molecular weight is 379 g/mol. The smallest absolute Gasteiger partial charge is 0.341 e. The van der Waals surface area contributed by atoms with Crippen molar-refractivity contribution in [2.75, 3.05) is 19.1 Å². The number of carbonyl (C=O) groups is 1. The van der Waals surface area contributed by atoms with Gasteiger partial charge in [-0.3, -0.25) is 0 Å². The van der Waals surface area contributed by atoms with Crippen LogP contribution in [0.25, 0.3) is 11.3 Å². The van der Waals surface area contributed by atoms with Crippen LogP contribution in [0.4, 0.5) is 5.95 Å². The molecule has 9 heteroatoms. The molecular formula is C19H17N5O4. The van der Waals surface area contributed by atoms with E-state index in [1.54, 1.807) is 43.8 Å². The molecule has 0 unspecified atom stereocenters. The largest absolute Gasteiger partial charge is 0.496 e. The third-order valence-electron chi connectivity index (χ3n) is 3.56. The number of ether oxygens (including phenoxy) is 2. The maximum atomic E-state index is 10.5. The number of carboxylic acids is 1. The van der Waals surface area contributed by atoms with Gasteiger partial charge in [-0.2, -0.15) is 10.2 Å². The standard InChI is InChI=1S/C19H17N5O4/c1-27-17-5-3-2-4-15(17)16-11-21-24-19(22-16)23-20-10-13-6-8-14(9-7-13)28-12-18(25)26/h2-11H,12H2,1H3,(H,25,26)(H,22,23,24). The highest BCUT2D eigenvalue weighted by molar-refractivity contribution is 5.80. The van der Waals surface area contributed by atoms with E-state index in [1.807, 2.05) is 24.3 Å². The number of nitrogens with one attached hydrogen (secondary N) is 1. The third kappa shape index (κ3) is 5.01. The Bertz CT molecular complexity index is 976. The fourth-order valence-electron chi connectivity index (χ4n) is 2.30. The predicted molar refractivity (Wildman–Crippen MR) is 103 cm³/mol. The van der Waals surface area contributed by atoms with Crippen LogP contribution in [-0.2, 0) is 4.79 Å². The molecule has 2 N–H and O–H groups in total. The average Bonchev–Trinajstić information content (AvgIpc) is 2.73. The summed E-state index contributed by atoms with van der Waals surface area (Å²) in [5.41, 5.74) is 4.91. The molecule has 2 aromatic carbocycles. The minimum atomic E-state index is -1.03. The van der Waals surface area contributed by atoms with Gasteiger partial charge in [0.15, 0.2) is 6.61 Å². The van der Waals surface area contributed by atoms with Crippen molar-refractivity contribution in [1.29, 1.82) is 0 Å². The predicted octanol–water partition coefficient (Wildman–Crippen LogP) is 2.46. The number of aromatic nitrogens is 3. The van der Waals surface area contributed by atoms with Crippen molar-refractivity contribution in [2.45, 2.75) is 0 Å². The van der Waals surface area contributed by atoms with E-state index in [2.05, 4.69) is 25.7 Å². The van der Waals surface area contributed by atoms with Crippen LogP contribution >= 0.6 is 0 Å². The molecule has 0 aliphatic carbocycles. The van der Waals surface area contributed by atoms with E-state index in [1.165, 1.54) is 0 Å². The zero-order valence-corrected chi connectivity index (χ0v) is 14.9. The van der Waals surface area contributed by atoms with Gasteiger partial charge in [-0.05, 0) is 42.0 Å². The summed E-state index contributed by atoms with van der Waals surface area (Å²) in [6, 6.07) is 14.3. The lowest BCUT2D eigenvalue weighted by Crippen LogP contribution is -2.09. The van der Waals surface area contributed by atoms with Crippen LogP contribution in [0, 0.1) is 0 Å². The van der Waals surface area contributed by atoms with E-state index in [0.717, 1.165) is 11.1 Å². The quantitative estimate of drug-likeness (QED) is 0.452. The number of nitrogens with zero attached hydrogens (tertiary/aromatic N) is 4. The van der Waals surface area contributed by atoms with Crippen molar-refractivity contribution in [2.24, 2.45) is 5.10 Å². The SMILES string of the molecule is COc1ccccc1-c1cnnc(NN=Cc2ccc(OCC(=O)O)cc2)n1. The van der Waals surface area contributed by atoms with Gasteiger partial charge in [0.05, 0.1) is 25.2 Å². The Hall–Kier alpha value is -4.01. The number of hydrogen-bond donors (Lipinski definition) is 2. The van der Waals surface area contributed by atoms with Crippen LogP contribution < -0.4 is 14.9 Å². The normalized spacial score (nSPS) is 10.6. The van der Waals surface area contributed by atoms with Crippen molar-refractivity contribution in [3.63, 3.8) is 0 Å². The van der Waals surface area contributed by atoms with Crippen molar-refractivity contribution >= 4 is 18.1 Å². The van der Waals surface area contributed by atoms with E-state index < -0.39 is 5.97 Å². The zero-order valence-electron chi connectivity index (χ0n) is 14.9. The molecular weight excluding hydrogens is 362 g/mol. The van der Waals surface area contributed by atoms with Crippen molar-refractivity contribution < 1.29 is 19.4 Å². The highest BCUT2D eigenvalue weighted by Gasteiger charge is 2.08. The fraction of sp³-hybridized carbons (Fsp3) is 0.105.